The second-order valence-corrected chi connectivity index (χ2v) is 5.81. The summed E-state index contributed by atoms with van der Waals surface area (Å²) in [6, 6.07) is 5.29. The van der Waals surface area contributed by atoms with E-state index in [0.29, 0.717) is 16.3 Å². The molecule has 0 heterocycles. The van der Waals surface area contributed by atoms with Crippen molar-refractivity contribution in [1.82, 2.24) is 0 Å². The van der Waals surface area contributed by atoms with Crippen LogP contribution in [0.3, 0.4) is 0 Å². The van der Waals surface area contributed by atoms with Crippen molar-refractivity contribution in [2.45, 2.75) is 52.1 Å². The van der Waals surface area contributed by atoms with Gasteiger partial charge in [-0.15, -0.1) is 0 Å². The quantitative estimate of drug-likeness (QED) is 0.734. The Morgan fingerprint density at radius 1 is 1.42 bits per heavy atom. The Hall–Kier alpha value is -1.02. The standard InChI is InChI=1S/C16H21ClO2/c1-3-12-5-4-6-14(9-12)19-16-8-7-13(17)10-15(16)11(2)18/h7-8,10,12,14H,3-6,9H2,1-2H3. The summed E-state index contributed by atoms with van der Waals surface area (Å²) >= 11 is 5.94. The third kappa shape index (κ3) is 3.73. The number of hydrogen-bond acceptors (Lipinski definition) is 2. The summed E-state index contributed by atoms with van der Waals surface area (Å²) < 4.78 is 6.06. The second-order valence-electron chi connectivity index (χ2n) is 5.38. The zero-order chi connectivity index (χ0) is 13.8. The Labute approximate surface area is 120 Å². The second kappa shape index (κ2) is 6.42. The molecule has 0 aromatic heterocycles. The molecular weight excluding hydrogens is 260 g/mol. The highest BCUT2D eigenvalue weighted by Gasteiger charge is 2.23. The molecule has 0 bridgehead atoms. The number of hydrogen-bond donors (Lipinski definition) is 0. The highest BCUT2D eigenvalue weighted by atomic mass is 35.5. The van der Waals surface area contributed by atoms with Crippen molar-refractivity contribution >= 4 is 17.4 Å². The van der Waals surface area contributed by atoms with E-state index >= 15 is 0 Å². The van der Waals surface area contributed by atoms with E-state index in [1.54, 1.807) is 19.1 Å². The Bertz CT molecular complexity index is 456. The van der Waals surface area contributed by atoms with Gasteiger partial charge in [-0.05, 0) is 50.3 Å². The van der Waals surface area contributed by atoms with Crippen LogP contribution < -0.4 is 4.74 Å². The molecule has 0 aliphatic heterocycles. The predicted molar refractivity (Wildman–Crippen MR) is 78.1 cm³/mol. The normalized spacial score (nSPS) is 23.1. The summed E-state index contributed by atoms with van der Waals surface area (Å²) in [6.45, 7) is 3.78. The average Bonchev–Trinajstić information content (AvgIpc) is 2.41. The van der Waals surface area contributed by atoms with Gasteiger partial charge in [0.25, 0.3) is 0 Å². The maximum absolute atomic E-state index is 11.6. The minimum absolute atomic E-state index is 0.000325. The number of ketones is 1. The van der Waals surface area contributed by atoms with E-state index in [1.807, 2.05) is 6.07 Å². The first-order valence-electron chi connectivity index (χ1n) is 7.07. The molecule has 0 amide bonds. The highest BCUT2D eigenvalue weighted by Crippen LogP contribution is 2.31. The molecule has 0 spiro atoms. The fourth-order valence-electron chi connectivity index (χ4n) is 2.78. The lowest BCUT2D eigenvalue weighted by atomic mass is 9.85. The smallest absolute Gasteiger partial charge is 0.163 e. The van der Waals surface area contributed by atoms with Crippen LogP contribution in [0.15, 0.2) is 18.2 Å². The number of Topliss-reactive ketones (excluding diaryl/α,β-unsaturated/α-hetero) is 1. The van der Waals surface area contributed by atoms with E-state index in [-0.39, 0.29) is 11.9 Å². The van der Waals surface area contributed by atoms with Crippen LogP contribution in [-0.4, -0.2) is 11.9 Å². The number of carbonyl (C=O) groups excluding carboxylic acids is 1. The third-order valence-electron chi connectivity index (χ3n) is 3.93. The Kier molecular flexibility index (Phi) is 4.87. The van der Waals surface area contributed by atoms with Crippen molar-refractivity contribution in [2.24, 2.45) is 5.92 Å². The lowest BCUT2D eigenvalue weighted by molar-refractivity contribution is 0.0988. The molecule has 0 radical (unpaired) electrons. The molecule has 1 saturated carbocycles. The van der Waals surface area contributed by atoms with Crippen molar-refractivity contribution in [1.29, 1.82) is 0 Å². The van der Waals surface area contributed by atoms with Gasteiger partial charge in [0.1, 0.15) is 5.75 Å². The first-order valence-corrected chi connectivity index (χ1v) is 7.45. The van der Waals surface area contributed by atoms with Gasteiger partial charge < -0.3 is 4.74 Å². The van der Waals surface area contributed by atoms with Gasteiger partial charge >= 0.3 is 0 Å². The molecule has 1 aromatic carbocycles. The molecule has 1 aromatic rings. The molecule has 2 nitrogen and oxygen atoms in total. The summed E-state index contributed by atoms with van der Waals surface area (Å²) in [4.78, 5) is 11.6. The van der Waals surface area contributed by atoms with E-state index in [4.69, 9.17) is 16.3 Å². The molecule has 0 saturated heterocycles. The Morgan fingerprint density at radius 2 is 2.21 bits per heavy atom. The van der Waals surface area contributed by atoms with Crippen molar-refractivity contribution in [3.8, 4) is 5.75 Å². The van der Waals surface area contributed by atoms with E-state index in [9.17, 15) is 4.79 Å². The maximum atomic E-state index is 11.6. The number of rotatable bonds is 4. The predicted octanol–water partition coefficient (Wildman–Crippen LogP) is 4.89. The van der Waals surface area contributed by atoms with Gasteiger partial charge in [0.15, 0.2) is 5.78 Å². The van der Waals surface area contributed by atoms with Gasteiger partial charge in [0.05, 0.1) is 11.7 Å². The number of ether oxygens (including phenoxy) is 1. The van der Waals surface area contributed by atoms with E-state index in [0.717, 1.165) is 18.8 Å². The molecule has 2 atom stereocenters. The first-order chi connectivity index (χ1) is 9.10. The molecule has 19 heavy (non-hydrogen) atoms. The van der Waals surface area contributed by atoms with Crippen LogP contribution in [0.5, 0.6) is 5.75 Å². The third-order valence-corrected chi connectivity index (χ3v) is 4.16. The van der Waals surface area contributed by atoms with Crippen LogP contribution in [-0.2, 0) is 0 Å². The summed E-state index contributed by atoms with van der Waals surface area (Å²) in [5.41, 5.74) is 0.589. The number of halogens is 1. The fourth-order valence-corrected chi connectivity index (χ4v) is 2.95. The zero-order valence-electron chi connectivity index (χ0n) is 11.6. The van der Waals surface area contributed by atoms with Gasteiger partial charge in [-0.3, -0.25) is 4.79 Å². The largest absolute Gasteiger partial charge is 0.490 e. The van der Waals surface area contributed by atoms with Crippen molar-refractivity contribution in [2.75, 3.05) is 0 Å². The molecule has 0 N–H and O–H groups in total. The van der Waals surface area contributed by atoms with Crippen LogP contribution in [0.1, 0.15) is 56.3 Å². The minimum atomic E-state index is 0.000325. The molecule has 2 rings (SSSR count). The minimum Gasteiger partial charge on any atom is -0.490 e. The summed E-state index contributed by atoms with van der Waals surface area (Å²) in [6.07, 6.45) is 6.13. The molecule has 104 valence electrons. The summed E-state index contributed by atoms with van der Waals surface area (Å²) in [7, 11) is 0. The van der Waals surface area contributed by atoms with Crippen LogP contribution in [0.4, 0.5) is 0 Å². The van der Waals surface area contributed by atoms with Crippen LogP contribution in [0, 0.1) is 5.92 Å². The van der Waals surface area contributed by atoms with Gasteiger partial charge in [0, 0.05) is 5.02 Å². The molecule has 1 aliphatic rings. The lowest BCUT2D eigenvalue weighted by Crippen LogP contribution is -2.25. The average molecular weight is 281 g/mol. The topological polar surface area (TPSA) is 26.3 Å². The Morgan fingerprint density at radius 3 is 2.89 bits per heavy atom. The van der Waals surface area contributed by atoms with Crippen molar-refractivity contribution < 1.29 is 9.53 Å². The van der Waals surface area contributed by atoms with Crippen molar-refractivity contribution in [3.63, 3.8) is 0 Å². The monoisotopic (exact) mass is 280 g/mol. The van der Waals surface area contributed by atoms with Crippen LogP contribution in [0.25, 0.3) is 0 Å². The van der Waals surface area contributed by atoms with Crippen LogP contribution in [0.2, 0.25) is 5.02 Å². The van der Waals surface area contributed by atoms with Crippen molar-refractivity contribution in [3.05, 3.63) is 28.8 Å². The number of benzene rings is 1. The summed E-state index contributed by atoms with van der Waals surface area (Å²) in [5.74, 6) is 1.44. The molecule has 2 unspecified atom stereocenters. The summed E-state index contributed by atoms with van der Waals surface area (Å²) in [5, 5.41) is 0.577. The Balaban J connectivity index is 2.12. The van der Waals surface area contributed by atoms with E-state index in [1.165, 1.54) is 19.3 Å². The highest BCUT2D eigenvalue weighted by molar-refractivity contribution is 6.31. The number of carbonyl (C=O) groups is 1. The van der Waals surface area contributed by atoms with Gasteiger partial charge in [-0.2, -0.15) is 0 Å². The van der Waals surface area contributed by atoms with Gasteiger partial charge in [0.2, 0.25) is 0 Å². The van der Waals surface area contributed by atoms with Gasteiger partial charge in [-0.1, -0.05) is 31.4 Å². The first kappa shape index (κ1) is 14.4. The molecule has 3 heteroatoms. The SMILES string of the molecule is CCC1CCCC(Oc2ccc(Cl)cc2C(C)=O)C1. The van der Waals surface area contributed by atoms with Crippen LogP contribution >= 0.6 is 11.6 Å². The van der Waals surface area contributed by atoms with E-state index < -0.39 is 0 Å². The fraction of sp³-hybridized carbons (Fsp3) is 0.562. The zero-order valence-corrected chi connectivity index (χ0v) is 12.4. The van der Waals surface area contributed by atoms with E-state index in [2.05, 4.69) is 6.92 Å². The maximum Gasteiger partial charge on any atom is 0.163 e. The lowest BCUT2D eigenvalue weighted by Gasteiger charge is -2.29. The molecule has 1 fully saturated rings. The van der Waals surface area contributed by atoms with Gasteiger partial charge in [-0.25, -0.2) is 0 Å². The molecular formula is C16H21ClO2. The molecule has 1 aliphatic carbocycles.